The predicted molar refractivity (Wildman–Crippen MR) is 67.8 cm³/mol. The molecule has 1 fully saturated rings. The van der Waals surface area contributed by atoms with Crippen LogP contribution in [-0.2, 0) is 4.79 Å². The summed E-state index contributed by atoms with van der Waals surface area (Å²) in [6.45, 7) is 3.77. The van der Waals surface area contributed by atoms with Gasteiger partial charge in [0.05, 0.1) is 15.7 Å². The van der Waals surface area contributed by atoms with Crippen molar-refractivity contribution in [2.75, 3.05) is 24.6 Å². The molecule has 88 valence electrons. The van der Waals surface area contributed by atoms with E-state index in [2.05, 4.69) is 4.98 Å². The van der Waals surface area contributed by atoms with Crippen molar-refractivity contribution < 1.29 is 4.79 Å². The minimum Gasteiger partial charge on any atom is -0.375 e. The SMILES string of the molecule is Cc1nc(N)sc1SCC(=O)N1CCCC1. The standard InChI is InChI=1S/C10H15N3OS2/c1-7-9(16-10(11)12-7)15-6-8(14)13-4-2-3-5-13/h2-6H2,1H3,(H2,11,12). The van der Waals surface area contributed by atoms with Crippen molar-refractivity contribution in [3.8, 4) is 0 Å². The second-order valence-corrected chi connectivity index (χ2v) is 6.08. The molecule has 0 unspecified atom stereocenters. The van der Waals surface area contributed by atoms with E-state index in [9.17, 15) is 4.79 Å². The minimum atomic E-state index is 0.230. The van der Waals surface area contributed by atoms with Crippen molar-refractivity contribution in [2.45, 2.75) is 24.0 Å². The molecule has 1 saturated heterocycles. The first-order valence-electron chi connectivity index (χ1n) is 5.30. The lowest BCUT2D eigenvalue weighted by Crippen LogP contribution is -2.29. The quantitative estimate of drug-likeness (QED) is 0.838. The second kappa shape index (κ2) is 5.05. The Kier molecular flexibility index (Phi) is 3.70. The molecule has 0 radical (unpaired) electrons. The van der Waals surface area contributed by atoms with Crippen LogP contribution in [0.1, 0.15) is 18.5 Å². The molecule has 2 N–H and O–H groups in total. The van der Waals surface area contributed by atoms with Crippen molar-refractivity contribution >= 4 is 34.1 Å². The summed E-state index contributed by atoms with van der Waals surface area (Å²) in [5, 5.41) is 0.577. The maximum atomic E-state index is 11.8. The Morgan fingerprint density at radius 2 is 2.25 bits per heavy atom. The van der Waals surface area contributed by atoms with Crippen LogP contribution in [0.3, 0.4) is 0 Å². The number of aromatic nitrogens is 1. The van der Waals surface area contributed by atoms with Gasteiger partial charge < -0.3 is 10.6 Å². The van der Waals surface area contributed by atoms with Gasteiger partial charge in [0, 0.05) is 13.1 Å². The van der Waals surface area contributed by atoms with Crippen molar-refractivity contribution in [3.05, 3.63) is 5.69 Å². The Morgan fingerprint density at radius 3 is 2.81 bits per heavy atom. The van der Waals surface area contributed by atoms with Gasteiger partial charge in [0.25, 0.3) is 0 Å². The fraction of sp³-hybridized carbons (Fsp3) is 0.600. The molecule has 1 aliphatic heterocycles. The minimum absolute atomic E-state index is 0.230. The number of carbonyl (C=O) groups excluding carboxylic acids is 1. The number of anilines is 1. The third-order valence-corrected chi connectivity index (χ3v) is 4.89. The number of thiazole rings is 1. The summed E-state index contributed by atoms with van der Waals surface area (Å²) in [5.74, 6) is 0.733. The molecule has 4 nitrogen and oxygen atoms in total. The third-order valence-electron chi connectivity index (χ3n) is 2.56. The van der Waals surface area contributed by atoms with Crippen LogP contribution in [0.2, 0.25) is 0 Å². The van der Waals surface area contributed by atoms with E-state index in [0.29, 0.717) is 10.9 Å². The van der Waals surface area contributed by atoms with Crippen molar-refractivity contribution in [3.63, 3.8) is 0 Å². The highest BCUT2D eigenvalue weighted by Crippen LogP contribution is 2.30. The number of thioether (sulfide) groups is 1. The molecular weight excluding hydrogens is 242 g/mol. The van der Waals surface area contributed by atoms with E-state index in [1.54, 1.807) is 11.8 Å². The van der Waals surface area contributed by atoms with Crippen LogP contribution in [-0.4, -0.2) is 34.6 Å². The number of hydrogen-bond acceptors (Lipinski definition) is 5. The molecule has 1 aromatic heterocycles. The maximum absolute atomic E-state index is 11.8. The zero-order chi connectivity index (χ0) is 11.5. The van der Waals surface area contributed by atoms with E-state index in [0.717, 1.165) is 35.8 Å². The average Bonchev–Trinajstić information content (AvgIpc) is 2.84. The lowest BCUT2D eigenvalue weighted by Gasteiger charge is -2.14. The molecule has 1 aromatic rings. The molecule has 0 spiro atoms. The molecule has 0 saturated carbocycles. The molecule has 1 amide bonds. The van der Waals surface area contributed by atoms with Crippen LogP contribution in [0, 0.1) is 6.92 Å². The zero-order valence-corrected chi connectivity index (χ0v) is 10.9. The average molecular weight is 257 g/mol. The van der Waals surface area contributed by atoms with Gasteiger partial charge >= 0.3 is 0 Å². The summed E-state index contributed by atoms with van der Waals surface area (Å²) in [4.78, 5) is 17.9. The molecule has 2 heterocycles. The summed E-state index contributed by atoms with van der Waals surface area (Å²) in [7, 11) is 0. The molecule has 1 aliphatic rings. The topological polar surface area (TPSA) is 59.2 Å². The molecule has 2 rings (SSSR count). The van der Waals surface area contributed by atoms with Crippen molar-refractivity contribution in [1.82, 2.24) is 9.88 Å². The van der Waals surface area contributed by atoms with E-state index in [-0.39, 0.29) is 5.91 Å². The maximum Gasteiger partial charge on any atom is 0.232 e. The smallest absolute Gasteiger partial charge is 0.232 e. The first-order chi connectivity index (χ1) is 7.66. The number of carbonyl (C=O) groups is 1. The van der Waals surface area contributed by atoms with Gasteiger partial charge in [0.15, 0.2) is 5.13 Å². The fourth-order valence-electron chi connectivity index (χ4n) is 1.72. The van der Waals surface area contributed by atoms with Crippen molar-refractivity contribution in [2.24, 2.45) is 0 Å². The first-order valence-corrected chi connectivity index (χ1v) is 7.10. The number of amides is 1. The molecule has 0 bridgehead atoms. The highest BCUT2D eigenvalue weighted by molar-refractivity contribution is 8.01. The van der Waals surface area contributed by atoms with Gasteiger partial charge in [0.1, 0.15) is 0 Å². The van der Waals surface area contributed by atoms with Gasteiger partial charge in [-0.05, 0) is 19.8 Å². The van der Waals surface area contributed by atoms with E-state index in [4.69, 9.17) is 5.73 Å². The molecule has 0 aliphatic carbocycles. The Labute approximate surface area is 103 Å². The van der Waals surface area contributed by atoms with Crippen LogP contribution >= 0.6 is 23.1 Å². The van der Waals surface area contributed by atoms with Gasteiger partial charge in [-0.25, -0.2) is 4.98 Å². The normalized spacial score (nSPS) is 15.7. The molecule has 0 aromatic carbocycles. The predicted octanol–water partition coefficient (Wildman–Crippen LogP) is 1.75. The van der Waals surface area contributed by atoms with E-state index in [1.807, 2.05) is 11.8 Å². The van der Waals surface area contributed by atoms with Gasteiger partial charge in [-0.3, -0.25) is 4.79 Å². The highest BCUT2D eigenvalue weighted by Gasteiger charge is 2.18. The Morgan fingerprint density at radius 1 is 1.56 bits per heavy atom. The van der Waals surface area contributed by atoms with Crippen LogP contribution in [0.25, 0.3) is 0 Å². The van der Waals surface area contributed by atoms with E-state index in [1.165, 1.54) is 11.3 Å². The Bertz CT molecular complexity index is 385. The second-order valence-electron chi connectivity index (χ2n) is 3.80. The number of nitrogens with zero attached hydrogens (tertiary/aromatic N) is 2. The summed E-state index contributed by atoms with van der Waals surface area (Å²) in [5.41, 5.74) is 6.54. The van der Waals surface area contributed by atoms with Gasteiger partial charge in [0.2, 0.25) is 5.91 Å². The number of hydrogen-bond donors (Lipinski definition) is 1. The Balaban J connectivity index is 1.87. The first kappa shape index (κ1) is 11.7. The van der Waals surface area contributed by atoms with E-state index < -0.39 is 0 Å². The molecular formula is C10H15N3OS2. The number of likely N-dealkylation sites (tertiary alicyclic amines) is 1. The van der Waals surface area contributed by atoms with Gasteiger partial charge in [-0.2, -0.15) is 0 Å². The van der Waals surface area contributed by atoms with Crippen LogP contribution < -0.4 is 5.73 Å². The highest BCUT2D eigenvalue weighted by atomic mass is 32.2. The van der Waals surface area contributed by atoms with Crippen LogP contribution in [0.4, 0.5) is 5.13 Å². The molecule has 6 heteroatoms. The third kappa shape index (κ3) is 2.68. The molecule has 0 atom stereocenters. The summed E-state index contributed by atoms with van der Waals surface area (Å²) in [6, 6.07) is 0. The van der Waals surface area contributed by atoms with Gasteiger partial charge in [-0.15, -0.1) is 11.8 Å². The monoisotopic (exact) mass is 257 g/mol. The largest absolute Gasteiger partial charge is 0.375 e. The number of nitrogen functional groups attached to an aromatic ring is 1. The number of aryl methyl sites for hydroxylation is 1. The lowest BCUT2D eigenvalue weighted by molar-refractivity contribution is -0.127. The van der Waals surface area contributed by atoms with E-state index >= 15 is 0 Å². The molecule has 16 heavy (non-hydrogen) atoms. The lowest BCUT2D eigenvalue weighted by atomic mass is 10.4. The summed E-state index contributed by atoms with van der Waals surface area (Å²) < 4.78 is 1.06. The number of rotatable bonds is 3. The van der Waals surface area contributed by atoms with Crippen molar-refractivity contribution in [1.29, 1.82) is 0 Å². The van der Waals surface area contributed by atoms with Crippen LogP contribution in [0.15, 0.2) is 4.21 Å². The summed E-state index contributed by atoms with van der Waals surface area (Å²) in [6.07, 6.45) is 2.28. The van der Waals surface area contributed by atoms with Crippen LogP contribution in [0.5, 0.6) is 0 Å². The number of nitrogens with two attached hydrogens (primary N) is 1. The Hall–Kier alpha value is -0.750. The fourth-order valence-corrected chi connectivity index (χ4v) is 3.65. The van der Waals surface area contributed by atoms with Gasteiger partial charge in [-0.1, -0.05) is 11.3 Å². The zero-order valence-electron chi connectivity index (χ0n) is 9.23. The summed E-state index contributed by atoms with van der Waals surface area (Å²) >= 11 is 3.01.